The lowest BCUT2D eigenvalue weighted by atomic mass is 10.0. The molecule has 1 N–H and O–H groups in total. The lowest BCUT2D eigenvalue weighted by Crippen LogP contribution is -2.42. The molecule has 25 heavy (non-hydrogen) atoms. The van der Waals surface area contributed by atoms with Gasteiger partial charge >= 0.3 is 6.03 Å². The van der Waals surface area contributed by atoms with Crippen LogP contribution in [0, 0.1) is 6.92 Å². The van der Waals surface area contributed by atoms with E-state index in [4.69, 9.17) is 4.52 Å². The number of hydrogen-bond donors (Lipinski definition) is 1. The van der Waals surface area contributed by atoms with Crippen molar-refractivity contribution in [3.63, 3.8) is 0 Å². The average molecular weight is 337 g/mol. The number of fused-ring (bicyclic) bond motifs is 1. The van der Waals surface area contributed by atoms with Crippen LogP contribution in [0.15, 0.2) is 53.1 Å². The first kappa shape index (κ1) is 17.0. The van der Waals surface area contributed by atoms with Gasteiger partial charge in [0.2, 0.25) is 0 Å². The van der Waals surface area contributed by atoms with Gasteiger partial charge in [0.05, 0.1) is 6.54 Å². The SMILES string of the molecule is Cc1cc(CN(C)C(=O)N[C@H](C)Cc2ccc3ccccc3c2)no1. The summed E-state index contributed by atoms with van der Waals surface area (Å²) in [5, 5.41) is 9.40. The van der Waals surface area contributed by atoms with Crippen molar-refractivity contribution >= 4 is 16.8 Å². The van der Waals surface area contributed by atoms with E-state index in [0.717, 1.165) is 17.9 Å². The van der Waals surface area contributed by atoms with Gasteiger partial charge < -0.3 is 14.7 Å². The van der Waals surface area contributed by atoms with Crippen LogP contribution in [0.1, 0.15) is 23.9 Å². The minimum Gasteiger partial charge on any atom is -0.361 e. The van der Waals surface area contributed by atoms with E-state index in [1.165, 1.54) is 16.3 Å². The molecule has 3 rings (SSSR count). The van der Waals surface area contributed by atoms with E-state index >= 15 is 0 Å². The van der Waals surface area contributed by atoms with E-state index in [0.29, 0.717) is 6.54 Å². The molecule has 1 atom stereocenters. The van der Waals surface area contributed by atoms with Crippen LogP contribution < -0.4 is 5.32 Å². The molecular weight excluding hydrogens is 314 g/mol. The van der Waals surface area contributed by atoms with Gasteiger partial charge in [-0.05, 0) is 36.6 Å². The smallest absolute Gasteiger partial charge is 0.317 e. The summed E-state index contributed by atoms with van der Waals surface area (Å²) in [4.78, 5) is 13.9. The minimum absolute atomic E-state index is 0.0372. The fraction of sp³-hybridized carbons (Fsp3) is 0.300. The predicted octanol–water partition coefficient (Wildman–Crippen LogP) is 3.91. The van der Waals surface area contributed by atoms with Crippen LogP contribution in [0.5, 0.6) is 0 Å². The number of aryl methyl sites for hydroxylation is 1. The fourth-order valence-electron chi connectivity index (χ4n) is 2.90. The molecule has 0 aliphatic carbocycles. The zero-order chi connectivity index (χ0) is 17.8. The molecule has 3 aromatic rings. The van der Waals surface area contributed by atoms with Gasteiger partial charge in [0, 0.05) is 19.2 Å². The number of hydrogen-bond acceptors (Lipinski definition) is 3. The van der Waals surface area contributed by atoms with Gasteiger partial charge in [-0.25, -0.2) is 4.79 Å². The summed E-state index contributed by atoms with van der Waals surface area (Å²) in [6.07, 6.45) is 0.785. The third-order valence-electron chi connectivity index (χ3n) is 4.15. The van der Waals surface area contributed by atoms with E-state index < -0.39 is 0 Å². The van der Waals surface area contributed by atoms with Crippen LogP contribution in [0.3, 0.4) is 0 Å². The van der Waals surface area contributed by atoms with E-state index in [9.17, 15) is 4.79 Å². The van der Waals surface area contributed by atoms with Crippen molar-refractivity contribution in [1.29, 1.82) is 0 Å². The zero-order valence-electron chi connectivity index (χ0n) is 14.8. The quantitative estimate of drug-likeness (QED) is 0.768. The largest absolute Gasteiger partial charge is 0.361 e. The summed E-state index contributed by atoms with van der Waals surface area (Å²) in [7, 11) is 1.75. The topological polar surface area (TPSA) is 58.4 Å². The maximum absolute atomic E-state index is 12.3. The Labute approximate surface area is 147 Å². The van der Waals surface area contributed by atoms with Crippen molar-refractivity contribution < 1.29 is 9.32 Å². The van der Waals surface area contributed by atoms with Crippen LogP contribution in [-0.2, 0) is 13.0 Å². The Morgan fingerprint density at radius 2 is 1.96 bits per heavy atom. The normalized spacial score (nSPS) is 12.1. The Morgan fingerprint density at radius 1 is 1.20 bits per heavy atom. The summed E-state index contributed by atoms with van der Waals surface area (Å²) in [6, 6.07) is 16.5. The van der Waals surface area contributed by atoms with Crippen molar-refractivity contribution in [3.05, 3.63) is 65.5 Å². The third-order valence-corrected chi connectivity index (χ3v) is 4.15. The first-order valence-electron chi connectivity index (χ1n) is 8.43. The van der Waals surface area contributed by atoms with Gasteiger partial charge in [-0.3, -0.25) is 0 Å². The molecular formula is C20H23N3O2. The highest BCUT2D eigenvalue weighted by Gasteiger charge is 2.14. The summed E-state index contributed by atoms with van der Waals surface area (Å²) in [5.74, 6) is 0.744. The average Bonchev–Trinajstić information content (AvgIpc) is 2.99. The molecule has 0 unspecified atom stereocenters. The Bertz CT molecular complexity index is 872. The number of carbonyl (C=O) groups is 1. The molecule has 0 saturated carbocycles. The van der Waals surface area contributed by atoms with Crippen LogP contribution in [-0.4, -0.2) is 29.2 Å². The van der Waals surface area contributed by atoms with Crippen molar-refractivity contribution in [2.24, 2.45) is 0 Å². The monoisotopic (exact) mass is 337 g/mol. The molecule has 0 bridgehead atoms. The van der Waals surface area contributed by atoms with Gasteiger partial charge in [-0.15, -0.1) is 0 Å². The molecule has 1 heterocycles. The van der Waals surface area contributed by atoms with Crippen molar-refractivity contribution in [2.75, 3.05) is 7.05 Å². The summed E-state index contributed by atoms with van der Waals surface area (Å²) in [6.45, 7) is 4.27. The number of benzene rings is 2. The molecule has 1 aromatic heterocycles. The lowest BCUT2D eigenvalue weighted by Gasteiger charge is -2.20. The number of nitrogens with zero attached hydrogens (tertiary/aromatic N) is 2. The summed E-state index contributed by atoms with van der Waals surface area (Å²) >= 11 is 0. The minimum atomic E-state index is -0.117. The van der Waals surface area contributed by atoms with Crippen LogP contribution >= 0.6 is 0 Å². The first-order chi connectivity index (χ1) is 12.0. The van der Waals surface area contributed by atoms with Crippen molar-refractivity contribution in [3.8, 4) is 0 Å². The number of nitrogens with one attached hydrogen (secondary N) is 1. The maximum Gasteiger partial charge on any atom is 0.317 e. The predicted molar refractivity (Wildman–Crippen MR) is 98.4 cm³/mol. The molecule has 0 aliphatic rings. The first-order valence-corrected chi connectivity index (χ1v) is 8.43. The molecule has 0 saturated heterocycles. The second-order valence-corrected chi connectivity index (χ2v) is 6.52. The number of carbonyl (C=O) groups excluding carboxylic acids is 1. The Hall–Kier alpha value is -2.82. The van der Waals surface area contributed by atoms with Gasteiger partial charge in [0.1, 0.15) is 11.5 Å². The number of rotatable bonds is 5. The van der Waals surface area contributed by atoms with E-state index in [2.05, 4.69) is 40.8 Å². The standard InChI is InChI=1S/C20H23N3O2/c1-14(10-16-8-9-17-6-4-5-7-18(17)12-16)21-20(24)23(3)13-19-11-15(2)25-22-19/h4-9,11-12,14H,10,13H2,1-3H3,(H,21,24)/t14-/m1/s1. The van der Waals surface area contributed by atoms with E-state index in [1.807, 2.05) is 32.0 Å². The number of urea groups is 1. The Balaban J connectivity index is 1.56. The molecule has 2 aromatic carbocycles. The summed E-state index contributed by atoms with van der Waals surface area (Å²) < 4.78 is 5.03. The molecule has 0 radical (unpaired) electrons. The fourth-order valence-corrected chi connectivity index (χ4v) is 2.90. The highest BCUT2D eigenvalue weighted by molar-refractivity contribution is 5.83. The van der Waals surface area contributed by atoms with Gasteiger partial charge in [0.25, 0.3) is 0 Å². The van der Waals surface area contributed by atoms with E-state index in [1.54, 1.807) is 11.9 Å². The molecule has 130 valence electrons. The Morgan fingerprint density at radius 3 is 2.68 bits per heavy atom. The molecule has 0 fully saturated rings. The van der Waals surface area contributed by atoms with Gasteiger partial charge in [0.15, 0.2) is 0 Å². The second kappa shape index (κ2) is 7.38. The van der Waals surface area contributed by atoms with Crippen molar-refractivity contribution in [1.82, 2.24) is 15.4 Å². The Kier molecular flexibility index (Phi) is 5.03. The van der Waals surface area contributed by atoms with Crippen LogP contribution in [0.4, 0.5) is 4.79 Å². The van der Waals surface area contributed by atoms with Gasteiger partial charge in [-0.2, -0.15) is 0 Å². The number of amides is 2. The lowest BCUT2D eigenvalue weighted by molar-refractivity contribution is 0.202. The molecule has 2 amide bonds. The molecule has 0 spiro atoms. The second-order valence-electron chi connectivity index (χ2n) is 6.52. The molecule has 0 aliphatic heterocycles. The summed E-state index contributed by atoms with van der Waals surface area (Å²) in [5.41, 5.74) is 1.96. The van der Waals surface area contributed by atoms with E-state index in [-0.39, 0.29) is 12.1 Å². The van der Waals surface area contributed by atoms with Crippen LogP contribution in [0.2, 0.25) is 0 Å². The number of aromatic nitrogens is 1. The highest BCUT2D eigenvalue weighted by atomic mass is 16.5. The highest BCUT2D eigenvalue weighted by Crippen LogP contribution is 2.16. The maximum atomic E-state index is 12.3. The van der Waals surface area contributed by atoms with Crippen LogP contribution in [0.25, 0.3) is 10.8 Å². The molecule has 5 heteroatoms. The molecule has 5 nitrogen and oxygen atoms in total. The third kappa shape index (κ3) is 4.38. The van der Waals surface area contributed by atoms with Crippen molar-refractivity contribution in [2.45, 2.75) is 32.9 Å². The zero-order valence-corrected chi connectivity index (χ0v) is 14.8. The van der Waals surface area contributed by atoms with Gasteiger partial charge in [-0.1, -0.05) is 47.6 Å².